The third-order valence-corrected chi connectivity index (χ3v) is 8.70. The number of unbranched alkanes of at least 4 members (excludes halogenated alkanes) is 2. The molecule has 31 heavy (non-hydrogen) atoms. The lowest BCUT2D eigenvalue weighted by molar-refractivity contribution is 0.252. The molecule has 1 fully saturated rings. The molecule has 0 saturated carbocycles. The van der Waals surface area contributed by atoms with Gasteiger partial charge in [-0.3, -0.25) is 4.90 Å². The smallest absolute Gasteiger partial charge is 0.243 e. The minimum Gasteiger partial charge on any atom is -0.369 e. The topological polar surface area (TPSA) is 43.9 Å². The molecule has 1 aliphatic heterocycles. The van der Waals surface area contributed by atoms with Crippen LogP contribution < -0.4 is 4.90 Å². The minimum absolute atomic E-state index is 0.429. The van der Waals surface area contributed by atoms with Crippen LogP contribution in [0.2, 0.25) is 0 Å². The highest BCUT2D eigenvalue weighted by atomic mass is 32.2. The summed E-state index contributed by atoms with van der Waals surface area (Å²) in [5, 5.41) is 0. The molecular weight excluding hydrogens is 426 g/mol. The van der Waals surface area contributed by atoms with Crippen molar-refractivity contribution in [2.75, 3.05) is 58.0 Å². The summed E-state index contributed by atoms with van der Waals surface area (Å²) in [6, 6.07) is 16.5. The molecule has 1 aliphatic rings. The largest absolute Gasteiger partial charge is 0.369 e. The maximum Gasteiger partial charge on any atom is 0.243 e. The third-order valence-electron chi connectivity index (χ3n) is 5.92. The first-order valence-corrected chi connectivity index (χ1v) is 13.7. The Hall–Kier alpha value is -1.54. The number of hydrogen-bond donors (Lipinski definition) is 0. The van der Waals surface area contributed by atoms with Crippen LogP contribution in [0.5, 0.6) is 0 Å². The normalized spacial score (nSPS) is 15.5. The Morgan fingerprint density at radius 3 is 2.29 bits per heavy atom. The summed E-state index contributed by atoms with van der Waals surface area (Å²) in [5.41, 5.74) is 2.43. The molecule has 0 spiro atoms. The van der Waals surface area contributed by atoms with Crippen LogP contribution in [0.15, 0.2) is 58.3 Å². The zero-order valence-corrected chi connectivity index (χ0v) is 20.6. The summed E-state index contributed by atoms with van der Waals surface area (Å²) < 4.78 is 26.6. The number of thioether (sulfide) groups is 1. The average Bonchev–Trinajstić information content (AvgIpc) is 2.79. The molecular formula is C24H35N3O2S2. The number of sulfonamides is 1. The van der Waals surface area contributed by atoms with Gasteiger partial charge in [-0.05, 0) is 61.9 Å². The van der Waals surface area contributed by atoms with Gasteiger partial charge in [-0.15, -0.1) is 11.8 Å². The van der Waals surface area contributed by atoms with Gasteiger partial charge in [0.1, 0.15) is 0 Å². The van der Waals surface area contributed by atoms with Gasteiger partial charge in [-0.1, -0.05) is 30.7 Å². The number of para-hydroxylation sites is 1. The number of benzene rings is 2. The van der Waals surface area contributed by atoms with Crippen LogP contribution in [-0.2, 0) is 16.4 Å². The van der Waals surface area contributed by atoms with Gasteiger partial charge in [-0.2, -0.15) is 0 Å². The average molecular weight is 462 g/mol. The maximum atomic E-state index is 12.6. The van der Waals surface area contributed by atoms with Gasteiger partial charge in [0.15, 0.2) is 0 Å². The monoisotopic (exact) mass is 461 g/mol. The van der Waals surface area contributed by atoms with Gasteiger partial charge in [0.05, 0.1) is 4.90 Å². The Kier molecular flexibility index (Phi) is 8.84. The minimum atomic E-state index is -3.41. The van der Waals surface area contributed by atoms with E-state index in [4.69, 9.17) is 0 Å². The first-order valence-electron chi connectivity index (χ1n) is 11.0. The molecule has 0 aromatic heterocycles. The van der Waals surface area contributed by atoms with Crippen LogP contribution in [0.25, 0.3) is 0 Å². The highest BCUT2D eigenvalue weighted by Crippen LogP contribution is 2.28. The van der Waals surface area contributed by atoms with E-state index >= 15 is 0 Å². The predicted octanol–water partition coefficient (Wildman–Crippen LogP) is 4.19. The second-order valence-corrected chi connectivity index (χ2v) is 11.2. The number of anilines is 1. The molecule has 1 heterocycles. The van der Waals surface area contributed by atoms with Crippen molar-refractivity contribution in [3.8, 4) is 0 Å². The summed E-state index contributed by atoms with van der Waals surface area (Å²) in [7, 11) is -0.237. The summed E-state index contributed by atoms with van der Waals surface area (Å²) in [6.45, 7) is 5.58. The van der Waals surface area contributed by atoms with Crippen molar-refractivity contribution in [2.45, 2.75) is 35.5 Å². The van der Waals surface area contributed by atoms with E-state index in [-0.39, 0.29) is 0 Å². The van der Waals surface area contributed by atoms with Crippen LogP contribution in [0.1, 0.15) is 24.8 Å². The van der Waals surface area contributed by atoms with E-state index in [1.807, 2.05) is 18.4 Å². The van der Waals surface area contributed by atoms with E-state index in [1.165, 1.54) is 34.6 Å². The second-order valence-electron chi connectivity index (χ2n) is 8.25. The van der Waals surface area contributed by atoms with Crippen LogP contribution in [0, 0.1) is 0 Å². The van der Waals surface area contributed by atoms with E-state index in [9.17, 15) is 8.42 Å². The van der Waals surface area contributed by atoms with E-state index in [0.29, 0.717) is 4.90 Å². The molecule has 2 aromatic carbocycles. The van der Waals surface area contributed by atoms with Gasteiger partial charge in [0.25, 0.3) is 0 Å². The molecule has 5 nitrogen and oxygen atoms in total. The molecule has 2 aromatic rings. The lowest BCUT2D eigenvalue weighted by Crippen LogP contribution is -2.46. The Labute approximate surface area is 192 Å². The van der Waals surface area contributed by atoms with Crippen LogP contribution in [-0.4, -0.2) is 70.7 Å². The Morgan fingerprint density at radius 2 is 1.65 bits per heavy atom. The van der Waals surface area contributed by atoms with E-state index in [2.05, 4.69) is 46.2 Å². The highest BCUT2D eigenvalue weighted by molar-refractivity contribution is 7.99. The fourth-order valence-electron chi connectivity index (χ4n) is 3.98. The van der Waals surface area contributed by atoms with Crippen molar-refractivity contribution >= 4 is 27.5 Å². The van der Waals surface area contributed by atoms with E-state index < -0.39 is 10.0 Å². The van der Waals surface area contributed by atoms with Gasteiger partial charge in [0, 0.05) is 50.9 Å². The quantitative estimate of drug-likeness (QED) is 0.392. The van der Waals surface area contributed by atoms with Gasteiger partial charge >= 0.3 is 0 Å². The number of nitrogens with zero attached hydrogens (tertiary/aromatic N) is 3. The summed E-state index contributed by atoms with van der Waals surface area (Å²) in [5.74, 6) is 0. The second kappa shape index (κ2) is 11.4. The van der Waals surface area contributed by atoms with Gasteiger partial charge in [-0.25, -0.2) is 12.7 Å². The van der Waals surface area contributed by atoms with Crippen molar-refractivity contribution in [1.82, 2.24) is 9.21 Å². The van der Waals surface area contributed by atoms with Crippen LogP contribution in [0.4, 0.5) is 5.69 Å². The molecule has 0 radical (unpaired) electrons. The molecule has 0 amide bonds. The zero-order chi connectivity index (χ0) is 22.3. The lowest BCUT2D eigenvalue weighted by atomic mass is 10.1. The standard InChI is InChI=1S/C24H35N3O2S2/c1-25(2)31(28,29)24-20-21(13-14-23(24)30-3)10-6-5-9-15-26-16-18-27(19-17-26)22-11-7-4-8-12-22/h4,7-8,11-14,20H,5-6,9-10,15-19H2,1-3H3. The number of aryl methyl sites for hydroxylation is 1. The number of hydrogen-bond acceptors (Lipinski definition) is 5. The summed E-state index contributed by atoms with van der Waals surface area (Å²) >= 11 is 1.48. The first kappa shape index (κ1) is 24.1. The van der Waals surface area contributed by atoms with Crippen molar-refractivity contribution in [3.05, 3.63) is 54.1 Å². The fourth-order valence-corrected chi connectivity index (χ4v) is 6.03. The summed E-state index contributed by atoms with van der Waals surface area (Å²) in [6.07, 6.45) is 6.29. The molecule has 0 unspecified atom stereocenters. The Morgan fingerprint density at radius 1 is 0.935 bits per heavy atom. The number of rotatable bonds is 10. The van der Waals surface area contributed by atoms with Crippen LogP contribution >= 0.6 is 11.8 Å². The van der Waals surface area contributed by atoms with Gasteiger partial charge < -0.3 is 4.90 Å². The molecule has 1 saturated heterocycles. The maximum absolute atomic E-state index is 12.6. The number of piperazine rings is 1. The SMILES string of the molecule is CSc1ccc(CCCCCN2CCN(c3ccccc3)CC2)cc1S(=O)(=O)N(C)C. The molecule has 0 atom stereocenters. The molecule has 170 valence electrons. The van der Waals surface area contributed by atoms with Crippen LogP contribution in [0.3, 0.4) is 0 Å². The predicted molar refractivity (Wildman–Crippen MR) is 132 cm³/mol. The van der Waals surface area contributed by atoms with E-state index in [1.54, 1.807) is 14.1 Å². The molecule has 0 bridgehead atoms. The van der Waals surface area contributed by atoms with E-state index in [0.717, 1.165) is 56.0 Å². The van der Waals surface area contributed by atoms with Gasteiger partial charge in [0.2, 0.25) is 10.0 Å². The Bertz CT molecular complexity index is 925. The highest BCUT2D eigenvalue weighted by Gasteiger charge is 2.21. The Balaban J connectivity index is 1.41. The molecule has 3 rings (SSSR count). The zero-order valence-electron chi connectivity index (χ0n) is 19.0. The first-order chi connectivity index (χ1) is 14.9. The fraction of sp³-hybridized carbons (Fsp3) is 0.500. The summed E-state index contributed by atoms with van der Waals surface area (Å²) in [4.78, 5) is 6.27. The lowest BCUT2D eigenvalue weighted by Gasteiger charge is -2.36. The molecule has 7 heteroatoms. The molecule has 0 N–H and O–H groups in total. The molecule has 0 aliphatic carbocycles. The van der Waals surface area contributed by atoms with Crippen molar-refractivity contribution in [2.24, 2.45) is 0 Å². The van der Waals surface area contributed by atoms with Crippen molar-refractivity contribution in [1.29, 1.82) is 0 Å². The van der Waals surface area contributed by atoms with Crippen molar-refractivity contribution < 1.29 is 8.42 Å². The van der Waals surface area contributed by atoms with Crippen molar-refractivity contribution in [3.63, 3.8) is 0 Å². The third kappa shape index (κ3) is 6.48.